The van der Waals surface area contributed by atoms with E-state index in [9.17, 15) is 9.18 Å². The van der Waals surface area contributed by atoms with Crippen LogP contribution in [-0.2, 0) is 4.79 Å². The monoisotopic (exact) mass is 293 g/mol. The Morgan fingerprint density at radius 1 is 1.50 bits per heavy atom. The summed E-state index contributed by atoms with van der Waals surface area (Å²) < 4.78 is 14.6. The molecular formula is C12H12FN5OS. The fourth-order valence-corrected chi connectivity index (χ4v) is 2.37. The maximum Gasteiger partial charge on any atom is 0.230 e. The van der Waals surface area contributed by atoms with E-state index >= 15 is 0 Å². The van der Waals surface area contributed by atoms with Crippen LogP contribution < -0.4 is 5.32 Å². The summed E-state index contributed by atoms with van der Waals surface area (Å²) in [6.07, 6.45) is 2.11. The number of rotatable bonds is 5. The predicted molar refractivity (Wildman–Crippen MR) is 71.0 cm³/mol. The standard InChI is InChI=1S/C12H12FN5OS/c13-8-2-1-3-10(6-8)18-12(15-16-17-18)20-7-11(19)14-9-4-5-9/h1-3,6,9H,4-5,7H2,(H,14,19). The number of hydrogen-bond acceptors (Lipinski definition) is 5. The zero-order chi connectivity index (χ0) is 13.9. The molecule has 1 N–H and O–H groups in total. The van der Waals surface area contributed by atoms with Gasteiger partial charge in [0.05, 0.1) is 11.4 Å². The molecule has 6 nitrogen and oxygen atoms in total. The number of amides is 1. The highest BCUT2D eigenvalue weighted by Crippen LogP contribution is 2.21. The van der Waals surface area contributed by atoms with Crippen molar-refractivity contribution in [2.45, 2.75) is 24.0 Å². The third kappa shape index (κ3) is 3.13. The Morgan fingerprint density at radius 3 is 3.10 bits per heavy atom. The predicted octanol–water partition coefficient (Wildman–Crippen LogP) is 1.17. The van der Waals surface area contributed by atoms with Crippen LogP contribution in [0.15, 0.2) is 29.4 Å². The third-order valence-electron chi connectivity index (χ3n) is 2.77. The minimum absolute atomic E-state index is 0.0358. The van der Waals surface area contributed by atoms with Crippen molar-refractivity contribution >= 4 is 17.7 Å². The van der Waals surface area contributed by atoms with Gasteiger partial charge in [0.15, 0.2) is 0 Å². The van der Waals surface area contributed by atoms with Crippen molar-refractivity contribution in [3.05, 3.63) is 30.1 Å². The molecule has 104 valence electrons. The Hall–Kier alpha value is -1.96. The van der Waals surface area contributed by atoms with Crippen molar-refractivity contribution < 1.29 is 9.18 Å². The van der Waals surface area contributed by atoms with Gasteiger partial charge in [0, 0.05) is 6.04 Å². The molecule has 1 amide bonds. The Kier molecular flexibility index (Phi) is 3.64. The minimum atomic E-state index is -0.361. The van der Waals surface area contributed by atoms with Crippen molar-refractivity contribution in [2.24, 2.45) is 0 Å². The van der Waals surface area contributed by atoms with Gasteiger partial charge in [-0.2, -0.15) is 4.68 Å². The summed E-state index contributed by atoms with van der Waals surface area (Å²) in [5.74, 6) is -0.154. The lowest BCUT2D eigenvalue weighted by molar-refractivity contribution is -0.118. The Bertz CT molecular complexity index is 628. The summed E-state index contributed by atoms with van der Waals surface area (Å²) >= 11 is 1.22. The number of carbonyl (C=O) groups excluding carboxylic acids is 1. The summed E-state index contributed by atoms with van der Waals surface area (Å²) in [6, 6.07) is 6.31. The first-order valence-electron chi connectivity index (χ1n) is 6.19. The van der Waals surface area contributed by atoms with Gasteiger partial charge in [-0.25, -0.2) is 4.39 Å². The van der Waals surface area contributed by atoms with Gasteiger partial charge in [0.1, 0.15) is 5.82 Å². The highest BCUT2D eigenvalue weighted by atomic mass is 32.2. The number of thioether (sulfide) groups is 1. The van der Waals surface area contributed by atoms with Crippen LogP contribution in [0.25, 0.3) is 5.69 Å². The molecule has 1 aliphatic carbocycles. The molecule has 0 bridgehead atoms. The van der Waals surface area contributed by atoms with E-state index in [0.29, 0.717) is 16.9 Å². The first kappa shape index (κ1) is 13.0. The van der Waals surface area contributed by atoms with E-state index < -0.39 is 0 Å². The van der Waals surface area contributed by atoms with Gasteiger partial charge in [-0.3, -0.25) is 4.79 Å². The maximum atomic E-state index is 13.2. The lowest BCUT2D eigenvalue weighted by atomic mass is 10.3. The molecule has 0 spiro atoms. The van der Waals surface area contributed by atoms with Crippen LogP contribution in [0.5, 0.6) is 0 Å². The largest absolute Gasteiger partial charge is 0.353 e. The fourth-order valence-electron chi connectivity index (χ4n) is 1.67. The van der Waals surface area contributed by atoms with Gasteiger partial charge in [-0.1, -0.05) is 17.8 Å². The maximum absolute atomic E-state index is 13.2. The van der Waals surface area contributed by atoms with Crippen molar-refractivity contribution in [3.63, 3.8) is 0 Å². The summed E-state index contributed by atoms with van der Waals surface area (Å²) in [5, 5.41) is 14.6. The number of nitrogens with one attached hydrogen (secondary N) is 1. The highest BCUT2D eigenvalue weighted by Gasteiger charge is 2.23. The molecule has 1 heterocycles. The molecule has 20 heavy (non-hydrogen) atoms. The molecule has 0 unspecified atom stereocenters. The number of hydrogen-bond donors (Lipinski definition) is 1. The van der Waals surface area contributed by atoms with Gasteiger partial charge in [-0.15, -0.1) is 5.10 Å². The smallest absolute Gasteiger partial charge is 0.230 e. The Balaban J connectivity index is 1.68. The Labute approximate surface area is 118 Å². The first-order valence-corrected chi connectivity index (χ1v) is 7.17. The van der Waals surface area contributed by atoms with E-state index in [-0.39, 0.29) is 17.5 Å². The quantitative estimate of drug-likeness (QED) is 0.838. The van der Waals surface area contributed by atoms with Crippen LogP contribution in [0.4, 0.5) is 4.39 Å². The van der Waals surface area contributed by atoms with Crippen LogP contribution in [0, 0.1) is 5.82 Å². The van der Waals surface area contributed by atoms with Gasteiger partial charge >= 0.3 is 0 Å². The minimum Gasteiger partial charge on any atom is -0.353 e. The molecule has 1 aromatic carbocycles. The molecule has 0 saturated heterocycles. The zero-order valence-corrected chi connectivity index (χ0v) is 11.3. The second kappa shape index (κ2) is 5.58. The van der Waals surface area contributed by atoms with Gasteiger partial charge in [0.25, 0.3) is 0 Å². The van der Waals surface area contributed by atoms with E-state index in [1.807, 2.05) is 0 Å². The molecule has 8 heteroatoms. The average molecular weight is 293 g/mol. The van der Waals surface area contributed by atoms with Gasteiger partial charge in [-0.05, 0) is 41.5 Å². The van der Waals surface area contributed by atoms with Gasteiger partial charge < -0.3 is 5.32 Å². The van der Waals surface area contributed by atoms with Crippen LogP contribution in [0.2, 0.25) is 0 Å². The number of benzene rings is 1. The lowest BCUT2D eigenvalue weighted by Gasteiger charge is -2.04. The van der Waals surface area contributed by atoms with E-state index in [1.54, 1.807) is 12.1 Å². The summed E-state index contributed by atoms with van der Waals surface area (Å²) in [7, 11) is 0. The summed E-state index contributed by atoms with van der Waals surface area (Å²) in [6.45, 7) is 0. The molecular weight excluding hydrogens is 281 g/mol. The topological polar surface area (TPSA) is 72.7 Å². The molecule has 1 saturated carbocycles. The fraction of sp³-hybridized carbons (Fsp3) is 0.333. The van der Waals surface area contributed by atoms with E-state index in [0.717, 1.165) is 12.8 Å². The molecule has 0 radical (unpaired) electrons. The first-order chi connectivity index (χ1) is 9.72. The number of aromatic nitrogens is 4. The second-order valence-corrected chi connectivity index (χ2v) is 5.43. The van der Waals surface area contributed by atoms with Crippen LogP contribution in [0.3, 0.4) is 0 Å². The molecule has 1 aromatic heterocycles. The number of nitrogens with zero attached hydrogens (tertiary/aromatic N) is 4. The SMILES string of the molecule is O=C(CSc1nnnn1-c1cccc(F)c1)NC1CC1. The van der Waals surface area contributed by atoms with Crippen molar-refractivity contribution in [3.8, 4) is 5.69 Å². The lowest BCUT2D eigenvalue weighted by Crippen LogP contribution is -2.27. The molecule has 3 rings (SSSR count). The molecule has 0 aliphatic heterocycles. The molecule has 1 fully saturated rings. The van der Waals surface area contributed by atoms with Crippen LogP contribution in [0.1, 0.15) is 12.8 Å². The number of tetrazole rings is 1. The van der Waals surface area contributed by atoms with Crippen molar-refractivity contribution in [1.82, 2.24) is 25.5 Å². The second-order valence-electron chi connectivity index (χ2n) is 4.48. The van der Waals surface area contributed by atoms with Crippen molar-refractivity contribution in [1.29, 1.82) is 0 Å². The van der Waals surface area contributed by atoms with E-state index in [2.05, 4.69) is 20.8 Å². The Morgan fingerprint density at radius 2 is 2.35 bits per heavy atom. The van der Waals surface area contributed by atoms with Crippen LogP contribution in [-0.4, -0.2) is 37.9 Å². The molecule has 2 aromatic rings. The van der Waals surface area contributed by atoms with Crippen molar-refractivity contribution in [2.75, 3.05) is 5.75 Å². The number of carbonyl (C=O) groups is 1. The van der Waals surface area contributed by atoms with E-state index in [4.69, 9.17) is 0 Å². The summed E-state index contributed by atoms with van der Waals surface area (Å²) in [4.78, 5) is 11.6. The zero-order valence-electron chi connectivity index (χ0n) is 10.5. The van der Waals surface area contributed by atoms with E-state index in [1.165, 1.54) is 28.6 Å². The number of halogens is 1. The highest BCUT2D eigenvalue weighted by molar-refractivity contribution is 7.99. The van der Waals surface area contributed by atoms with Gasteiger partial charge in [0.2, 0.25) is 11.1 Å². The molecule has 0 atom stereocenters. The third-order valence-corrected chi connectivity index (χ3v) is 3.69. The average Bonchev–Trinajstić information content (AvgIpc) is 3.11. The van der Waals surface area contributed by atoms with Crippen LogP contribution >= 0.6 is 11.8 Å². The summed E-state index contributed by atoms with van der Waals surface area (Å²) in [5.41, 5.74) is 0.528. The molecule has 1 aliphatic rings. The normalized spacial score (nSPS) is 14.2.